The summed E-state index contributed by atoms with van der Waals surface area (Å²) >= 11 is 0. The first-order chi connectivity index (χ1) is 17.0. The highest BCUT2D eigenvalue weighted by Gasteiger charge is 2.28. The summed E-state index contributed by atoms with van der Waals surface area (Å²) in [5.41, 5.74) is 9.72. The van der Waals surface area contributed by atoms with Crippen LogP contribution < -0.4 is 10.5 Å². The molecule has 2 aliphatic rings. The zero-order chi connectivity index (χ0) is 24.5. The van der Waals surface area contributed by atoms with Crippen molar-refractivity contribution in [3.63, 3.8) is 0 Å². The number of likely N-dealkylation sites (tertiary alicyclic amines) is 1. The number of ether oxygens (including phenoxy) is 1. The number of carbonyl (C=O) groups excluding carboxylic acids is 1. The van der Waals surface area contributed by atoms with Crippen LogP contribution in [0.5, 0.6) is 5.75 Å². The first-order valence-electron chi connectivity index (χ1n) is 12.3. The minimum absolute atomic E-state index is 0.0805. The van der Waals surface area contributed by atoms with Crippen LogP contribution in [0.2, 0.25) is 0 Å². The lowest BCUT2D eigenvalue weighted by molar-refractivity contribution is -0.127. The highest BCUT2D eigenvalue weighted by atomic mass is 16.5. The molecule has 0 unspecified atom stereocenters. The second-order valence-electron chi connectivity index (χ2n) is 9.56. The molecule has 0 atom stereocenters. The fourth-order valence-corrected chi connectivity index (χ4v) is 4.84. The molecule has 9 nitrogen and oxygen atoms in total. The van der Waals surface area contributed by atoms with Gasteiger partial charge in [0.1, 0.15) is 23.6 Å². The van der Waals surface area contributed by atoms with E-state index in [0.29, 0.717) is 24.9 Å². The lowest BCUT2D eigenvalue weighted by Crippen LogP contribution is -2.38. The number of fused-ring (bicyclic) bond motifs is 1. The number of nitrogens with zero attached hydrogens (tertiary/aromatic N) is 6. The number of aromatic nitrogens is 4. The molecule has 2 fully saturated rings. The number of aryl methyl sites for hydroxylation is 1. The summed E-state index contributed by atoms with van der Waals surface area (Å²) < 4.78 is 7.49. The van der Waals surface area contributed by atoms with Gasteiger partial charge in [0, 0.05) is 37.3 Å². The lowest BCUT2D eigenvalue weighted by Gasteiger charge is -2.31. The van der Waals surface area contributed by atoms with E-state index in [1.54, 1.807) is 13.2 Å². The van der Waals surface area contributed by atoms with E-state index in [2.05, 4.69) is 21.9 Å². The zero-order valence-corrected chi connectivity index (χ0v) is 20.6. The van der Waals surface area contributed by atoms with Gasteiger partial charge in [0.2, 0.25) is 5.91 Å². The van der Waals surface area contributed by atoms with Crippen molar-refractivity contribution in [2.75, 3.05) is 39.5 Å². The third kappa shape index (κ3) is 4.73. The van der Waals surface area contributed by atoms with Gasteiger partial charge in [-0.15, -0.1) is 0 Å². The van der Waals surface area contributed by atoms with E-state index >= 15 is 0 Å². The SMILES string of the molecule is COc1cc(-c2nn(C3CCN(C(=O)C=CCN(C)C4CC4)CC3)c3ncnc(N)c23)ccc1C. The maximum absolute atomic E-state index is 12.7. The average molecular weight is 476 g/mol. The zero-order valence-electron chi connectivity index (χ0n) is 20.6. The van der Waals surface area contributed by atoms with E-state index in [0.717, 1.165) is 53.0 Å². The molecule has 0 radical (unpaired) electrons. The van der Waals surface area contributed by atoms with Crippen molar-refractivity contribution in [2.24, 2.45) is 0 Å². The smallest absolute Gasteiger partial charge is 0.246 e. The van der Waals surface area contributed by atoms with Crippen LogP contribution in [0.1, 0.15) is 37.3 Å². The van der Waals surface area contributed by atoms with Gasteiger partial charge in [-0.3, -0.25) is 9.69 Å². The Kier molecular flexibility index (Phi) is 6.42. The number of hydrogen-bond donors (Lipinski definition) is 1. The summed E-state index contributed by atoms with van der Waals surface area (Å²) in [6, 6.07) is 6.83. The molecule has 0 spiro atoms. The standard InChI is InChI=1S/C26H33N7O2/c1-17-6-7-18(15-21(17)35-3)24-23-25(27)28-16-29-26(23)33(30-24)20-10-13-32(14-11-20)22(34)5-4-12-31(2)19-8-9-19/h4-7,15-16,19-20H,8-14H2,1-3H3,(H2,27,28,29). The van der Waals surface area contributed by atoms with E-state index in [1.807, 2.05) is 40.8 Å². The highest BCUT2D eigenvalue weighted by molar-refractivity contribution is 5.98. The van der Waals surface area contributed by atoms with Crippen molar-refractivity contribution >= 4 is 22.8 Å². The van der Waals surface area contributed by atoms with E-state index in [4.69, 9.17) is 15.6 Å². The highest BCUT2D eigenvalue weighted by Crippen LogP contribution is 2.36. The molecule has 5 rings (SSSR count). The van der Waals surface area contributed by atoms with E-state index in [-0.39, 0.29) is 11.9 Å². The summed E-state index contributed by atoms with van der Waals surface area (Å²) in [6.07, 6.45) is 9.33. The summed E-state index contributed by atoms with van der Waals surface area (Å²) in [4.78, 5) is 25.7. The van der Waals surface area contributed by atoms with Crippen molar-refractivity contribution in [3.05, 3.63) is 42.2 Å². The van der Waals surface area contributed by atoms with Crippen LogP contribution in [0, 0.1) is 6.92 Å². The third-order valence-corrected chi connectivity index (χ3v) is 7.15. The molecule has 2 N–H and O–H groups in total. The molecule has 3 aromatic rings. The fraction of sp³-hybridized carbons (Fsp3) is 0.462. The summed E-state index contributed by atoms with van der Waals surface area (Å²) in [5, 5.41) is 5.72. The maximum Gasteiger partial charge on any atom is 0.246 e. The fourth-order valence-electron chi connectivity index (χ4n) is 4.84. The van der Waals surface area contributed by atoms with Gasteiger partial charge in [-0.1, -0.05) is 18.2 Å². The van der Waals surface area contributed by atoms with Gasteiger partial charge in [0.25, 0.3) is 0 Å². The molecule has 1 saturated carbocycles. The normalized spacial score (nSPS) is 17.1. The number of methoxy groups -OCH3 is 1. The molecule has 1 aliphatic heterocycles. The molecule has 2 aromatic heterocycles. The second kappa shape index (κ2) is 9.65. The number of likely N-dealkylation sites (N-methyl/N-ethyl adjacent to an activating group) is 1. The summed E-state index contributed by atoms with van der Waals surface area (Å²) in [6.45, 7) is 4.19. The van der Waals surface area contributed by atoms with Crippen LogP contribution in [-0.4, -0.2) is 75.3 Å². The Balaban J connectivity index is 1.34. The molecule has 0 bridgehead atoms. The molecule has 184 valence electrons. The summed E-state index contributed by atoms with van der Waals surface area (Å²) in [5.74, 6) is 1.28. The third-order valence-electron chi connectivity index (χ3n) is 7.15. The van der Waals surface area contributed by atoms with Gasteiger partial charge in [-0.05, 0) is 51.3 Å². The Morgan fingerprint density at radius 2 is 2.00 bits per heavy atom. The topological polar surface area (TPSA) is 102 Å². The maximum atomic E-state index is 12.7. The van der Waals surface area contributed by atoms with Crippen LogP contribution in [0.15, 0.2) is 36.7 Å². The molecule has 1 saturated heterocycles. The average Bonchev–Trinajstić information content (AvgIpc) is 3.65. The van der Waals surface area contributed by atoms with Gasteiger partial charge in [-0.25, -0.2) is 14.6 Å². The first-order valence-corrected chi connectivity index (χ1v) is 12.3. The van der Waals surface area contributed by atoms with Crippen LogP contribution in [-0.2, 0) is 4.79 Å². The largest absolute Gasteiger partial charge is 0.496 e. The van der Waals surface area contributed by atoms with E-state index < -0.39 is 0 Å². The van der Waals surface area contributed by atoms with E-state index in [9.17, 15) is 4.79 Å². The van der Waals surface area contributed by atoms with Crippen LogP contribution >= 0.6 is 0 Å². The number of anilines is 1. The van der Waals surface area contributed by atoms with Gasteiger partial charge in [0.05, 0.1) is 18.5 Å². The number of benzene rings is 1. The number of nitrogen functional groups attached to an aromatic ring is 1. The second-order valence-corrected chi connectivity index (χ2v) is 9.56. The monoisotopic (exact) mass is 475 g/mol. The van der Waals surface area contributed by atoms with Crippen molar-refractivity contribution in [3.8, 4) is 17.0 Å². The number of piperidine rings is 1. The van der Waals surface area contributed by atoms with Crippen molar-refractivity contribution in [1.29, 1.82) is 0 Å². The predicted octanol–water partition coefficient (Wildman–Crippen LogP) is 3.21. The molecule has 3 heterocycles. The molecule has 35 heavy (non-hydrogen) atoms. The molecular formula is C26H33N7O2. The van der Waals surface area contributed by atoms with E-state index in [1.165, 1.54) is 19.2 Å². The predicted molar refractivity (Wildman–Crippen MR) is 136 cm³/mol. The number of hydrogen-bond acceptors (Lipinski definition) is 7. The Bertz CT molecular complexity index is 1260. The van der Waals surface area contributed by atoms with Crippen LogP contribution in [0.25, 0.3) is 22.3 Å². The number of nitrogens with two attached hydrogens (primary N) is 1. The molecule has 1 aromatic carbocycles. The molecular weight excluding hydrogens is 442 g/mol. The Morgan fingerprint density at radius 3 is 2.71 bits per heavy atom. The molecule has 9 heteroatoms. The minimum Gasteiger partial charge on any atom is -0.496 e. The molecule has 1 amide bonds. The van der Waals surface area contributed by atoms with Gasteiger partial charge in [0.15, 0.2) is 5.65 Å². The Labute approximate surface area is 205 Å². The van der Waals surface area contributed by atoms with Gasteiger partial charge < -0.3 is 15.4 Å². The van der Waals surface area contributed by atoms with Crippen molar-refractivity contribution in [1.82, 2.24) is 29.5 Å². The number of amides is 1. The van der Waals surface area contributed by atoms with Crippen LogP contribution in [0.4, 0.5) is 5.82 Å². The summed E-state index contributed by atoms with van der Waals surface area (Å²) in [7, 11) is 3.78. The Morgan fingerprint density at radius 1 is 1.23 bits per heavy atom. The quantitative estimate of drug-likeness (QED) is 0.524. The lowest BCUT2D eigenvalue weighted by atomic mass is 10.0. The Hall–Kier alpha value is -3.46. The number of carbonyl (C=O) groups is 1. The van der Waals surface area contributed by atoms with Crippen molar-refractivity contribution < 1.29 is 9.53 Å². The molecule has 1 aliphatic carbocycles. The van der Waals surface area contributed by atoms with Gasteiger partial charge >= 0.3 is 0 Å². The van der Waals surface area contributed by atoms with Crippen LogP contribution in [0.3, 0.4) is 0 Å². The minimum atomic E-state index is 0.0805. The number of rotatable bonds is 7. The van der Waals surface area contributed by atoms with Gasteiger partial charge in [-0.2, -0.15) is 5.10 Å². The first kappa shape index (κ1) is 23.3. The van der Waals surface area contributed by atoms with Crippen molar-refractivity contribution in [2.45, 2.75) is 44.7 Å².